The summed E-state index contributed by atoms with van der Waals surface area (Å²) in [6, 6.07) is 12.5. The molecule has 3 aromatic rings. The fourth-order valence-corrected chi connectivity index (χ4v) is 3.13. The molecular formula is C19H13Cl2N3O2. The average Bonchev–Trinajstić information content (AvgIpc) is 3.12. The van der Waals surface area contributed by atoms with Crippen LogP contribution in [-0.2, 0) is 6.54 Å². The maximum atomic E-state index is 12.2. The molecule has 2 aromatic carbocycles. The fourth-order valence-electron chi connectivity index (χ4n) is 2.83. The Morgan fingerprint density at radius 2 is 1.85 bits per heavy atom. The van der Waals surface area contributed by atoms with Crippen LogP contribution in [0.4, 0.5) is 5.69 Å². The highest BCUT2D eigenvalue weighted by atomic mass is 35.5. The summed E-state index contributed by atoms with van der Waals surface area (Å²) in [4.78, 5) is 19.2. The third-order valence-electron chi connectivity index (χ3n) is 4.15. The van der Waals surface area contributed by atoms with E-state index in [2.05, 4.69) is 9.98 Å². The highest BCUT2D eigenvalue weighted by molar-refractivity contribution is 6.31. The van der Waals surface area contributed by atoms with Gasteiger partial charge in [0.05, 0.1) is 12.2 Å². The van der Waals surface area contributed by atoms with E-state index in [9.17, 15) is 9.90 Å². The largest absolute Gasteiger partial charge is 0.493 e. The standard InChI is InChI=1S/C19H13Cl2N3O2/c20-13-3-1-11(2-4-13)10-24-18(25)17(23-19(24)26)7-12-9-22-16-8-14(21)5-6-15(12)16/h1-9,25H,10H2,(H,23,26). The maximum Gasteiger partial charge on any atom is 0.329 e. The molecule has 0 saturated carbocycles. The van der Waals surface area contributed by atoms with Gasteiger partial charge in [0.25, 0.3) is 0 Å². The lowest BCUT2D eigenvalue weighted by atomic mass is 10.1. The van der Waals surface area contributed by atoms with Gasteiger partial charge < -0.3 is 10.1 Å². The van der Waals surface area contributed by atoms with E-state index in [1.54, 1.807) is 36.6 Å². The van der Waals surface area contributed by atoms with Crippen LogP contribution < -0.4 is 5.69 Å². The van der Waals surface area contributed by atoms with Gasteiger partial charge in [0.2, 0.25) is 5.88 Å². The van der Waals surface area contributed by atoms with Gasteiger partial charge in [0, 0.05) is 27.4 Å². The minimum atomic E-state index is -0.393. The number of benzene rings is 2. The monoisotopic (exact) mass is 385 g/mol. The average molecular weight is 386 g/mol. The number of rotatable bonds is 3. The summed E-state index contributed by atoms with van der Waals surface area (Å²) in [7, 11) is 0. The van der Waals surface area contributed by atoms with Crippen LogP contribution in [0.15, 0.2) is 52.3 Å². The van der Waals surface area contributed by atoms with Crippen molar-refractivity contribution in [1.82, 2.24) is 9.55 Å². The van der Waals surface area contributed by atoms with E-state index in [1.165, 1.54) is 4.57 Å². The van der Waals surface area contributed by atoms with Crippen molar-refractivity contribution in [2.24, 2.45) is 4.99 Å². The van der Waals surface area contributed by atoms with Crippen molar-refractivity contribution in [3.63, 3.8) is 0 Å². The van der Waals surface area contributed by atoms with E-state index in [-0.39, 0.29) is 12.4 Å². The molecule has 2 N–H and O–H groups in total. The topological polar surface area (TPSA) is 70.4 Å². The van der Waals surface area contributed by atoms with Gasteiger partial charge in [-0.15, -0.1) is 0 Å². The van der Waals surface area contributed by atoms with Crippen LogP contribution >= 0.6 is 23.2 Å². The van der Waals surface area contributed by atoms with E-state index in [0.29, 0.717) is 15.7 Å². The predicted molar refractivity (Wildman–Crippen MR) is 105 cm³/mol. The number of aromatic amines is 1. The molecule has 7 heteroatoms. The van der Waals surface area contributed by atoms with E-state index < -0.39 is 5.69 Å². The minimum absolute atomic E-state index is 0.131. The molecular weight excluding hydrogens is 373 g/mol. The van der Waals surface area contributed by atoms with Gasteiger partial charge in [0.1, 0.15) is 5.69 Å². The van der Waals surface area contributed by atoms with Gasteiger partial charge in [0.15, 0.2) is 0 Å². The van der Waals surface area contributed by atoms with E-state index >= 15 is 0 Å². The number of hydrogen-bond acceptors (Lipinski definition) is 3. The number of aromatic hydroxyl groups is 1. The van der Waals surface area contributed by atoms with E-state index in [4.69, 9.17) is 23.2 Å². The lowest BCUT2D eigenvalue weighted by molar-refractivity contribution is 0.420. The Bertz CT molecular complexity index is 1110. The first kappa shape index (κ1) is 16.7. The maximum absolute atomic E-state index is 12.2. The zero-order valence-corrected chi connectivity index (χ0v) is 14.9. The molecule has 1 aliphatic rings. The van der Waals surface area contributed by atoms with Crippen LogP contribution in [0.5, 0.6) is 5.88 Å². The number of nitrogens with zero attached hydrogens (tertiary/aromatic N) is 2. The lowest BCUT2D eigenvalue weighted by Crippen LogP contribution is -2.17. The van der Waals surface area contributed by atoms with Crippen LogP contribution in [0, 0.1) is 0 Å². The minimum Gasteiger partial charge on any atom is -0.493 e. The van der Waals surface area contributed by atoms with Gasteiger partial charge in [-0.05, 0) is 35.9 Å². The fraction of sp³-hybridized carbons (Fsp3) is 0.0526. The van der Waals surface area contributed by atoms with Gasteiger partial charge in [-0.2, -0.15) is 0 Å². The summed E-state index contributed by atoms with van der Waals surface area (Å²) < 4.78 is 1.27. The van der Waals surface area contributed by atoms with Crippen molar-refractivity contribution in [3.8, 4) is 5.88 Å². The summed E-state index contributed by atoms with van der Waals surface area (Å²) in [6.45, 7) is 0.238. The Hall–Kier alpha value is -2.76. The van der Waals surface area contributed by atoms with Crippen molar-refractivity contribution in [3.05, 3.63) is 79.8 Å². The molecule has 0 atom stereocenters. The molecule has 1 aromatic heterocycles. The molecule has 1 aliphatic heterocycles. The number of H-pyrrole nitrogens is 1. The Kier molecular flexibility index (Phi) is 4.18. The Balaban J connectivity index is 1.69. The van der Waals surface area contributed by atoms with Crippen LogP contribution in [0.25, 0.3) is 11.6 Å². The summed E-state index contributed by atoms with van der Waals surface area (Å²) in [6.07, 6.45) is 3.37. The van der Waals surface area contributed by atoms with Crippen molar-refractivity contribution < 1.29 is 5.11 Å². The summed E-state index contributed by atoms with van der Waals surface area (Å²) >= 11 is 11.8. The number of imidazole rings is 1. The second-order valence-corrected chi connectivity index (χ2v) is 6.77. The van der Waals surface area contributed by atoms with Crippen LogP contribution in [0.3, 0.4) is 0 Å². The van der Waals surface area contributed by atoms with Gasteiger partial charge in [-0.25, -0.2) is 4.79 Å². The summed E-state index contributed by atoms with van der Waals surface area (Å²) in [5, 5.41) is 11.7. The molecule has 0 fully saturated rings. The Morgan fingerprint density at radius 3 is 2.62 bits per heavy atom. The van der Waals surface area contributed by atoms with E-state index in [0.717, 1.165) is 22.4 Å². The van der Waals surface area contributed by atoms with Gasteiger partial charge >= 0.3 is 5.69 Å². The SMILES string of the molecule is O=c1[nH]c(C=C2C=Nc3cc(Cl)ccc32)c(O)n1Cc1ccc(Cl)cc1. The Labute approximate surface area is 158 Å². The van der Waals surface area contributed by atoms with Crippen LogP contribution in [0.2, 0.25) is 10.0 Å². The first-order chi connectivity index (χ1) is 12.5. The molecule has 0 amide bonds. The zero-order chi connectivity index (χ0) is 18.3. The number of halogens is 2. The van der Waals surface area contributed by atoms with Gasteiger partial charge in [-0.1, -0.05) is 41.4 Å². The second-order valence-electron chi connectivity index (χ2n) is 5.90. The molecule has 2 heterocycles. The van der Waals surface area contributed by atoms with Crippen molar-refractivity contribution in [2.45, 2.75) is 6.54 Å². The highest BCUT2D eigenvalue weighted by Crippen LogP contribution is 2.35. The summed E-state index contributed by atoms with van der Waals surface area (Å²) in [5.74, 6) is -0.131. The van der Waals surface area contributed by atoms with E-state index in [1.807, 2.05) is 18.2 Å². The number of aromatic nitrogens is 2. The molecule has 0 unspecified atom stereocenters. The highest BCUT2D eigenvalue weighted by Gasteiger charge is 2.16. The molecule has 0 spiro atoms. The third-order valence-corrected chi connectivity index (χ3v) is 4.64. The molecule has 5 nitrogen and oxygen atoms in total. The molecule has 4 rings (SSSR count). The van der Waals surface area contributed by atoms with Crippen molar-refractivity contribution in [2.75, 3.05) is 0 Å². The third kappa shape index (κ3) is 3.07. The molecule has 130 valence electrons. The Morgan fingerprint density at radius 1 is 1.12 bits per heavy atom. The number of fused-ring (bicyclic) bond motifs is 1. The molecule has 0 radical (unpaired) electrons. The lowest BCUT2D eigenvalue weighted by Gasteiger charge is -2.04. The van der Waals surface area contributed by atoms with Crippen molar-refractivity contribution >= 4 is 46.8 Å². The number of aliphatic imine (C=N–C) groups is 1. The molecule has 26 heavy (non-hydrogen) atoms. The zero-order valence-electron chi connectivity index (χ0n) is 13.4. The number of nitrogens with one attached hydrogen (secondary N) is 1. The normalized spacial score (nSPS) is 14.2. The molecule has 0 saturated heterocycles. The quantitative estimate of drug-likeness (QED) is 0.696. The summed E-state index contributed by atoms with van der Waals surface area (Å²) in [5.41, 5.74) is 3.22. The first-order valence-electron chi connectivity index (χ1n) is 7.83. The van der Waals surface area contributed by atoms with Crippen LogP contribution in [-0.4, -0.2) is 20.9 Å². The van der Waals surface area contributed by atoms with Crippen LogP contribution in [0.1, 0.15) is 16.8 Å². The van der Waals surface area contributed by atoms with Crippen molar-refractivity contribution in [1.29, 1.82) is 0 Å². The smallest absolute Gasteiger partial charge is 0.329 e. The molecule has 0 aliphatic carbocycles. The second kappa shape index (κ2) is 6.52. The number of hydrogen-bond donors (Lipinski definition) is 2. The number of allylic oxidation sites excluding steroid dienone is 1. The van der Waals surface area contributed by atoms with Gasteiger partial charge in [-0.3, -0.25) is 9.56 Å². The molecule has 0 bridgehead atoms. The predicted octanol–water partition coefficient (Wildman–Crippen LogP) is 4.49. The first-order valence-corrected chi connectivity index (χ1v) is 8.59.